The first-order valence-electron chi connectivity index (χ1n) is 7.61. The molecule has 1 heterocycles. The molecule has 1 atom stereocenters. The fourth-order valence-electron chi connectivity index (χ4n) is 2.95. The molecule has 4 N–H and O–H groups in total. The third-order valence-electron chi connectivity index (χ3n) is 4.12. The molecule has 1 aromatic rings. The monoisotopic (exact) mass is 377 g/mol. The number of amides is 1. The molecule has 136 valence electrons. The van der Waals surface area contributed by atoms with Crippen molar-refractivity contribution in [3.63, 3.8) is 0 Å². The van der Waals surface area contributed by atoms with Crippen LogP contribution in [0.15, 0.2) is 23.1 Å². The van der Waals surface area contributed by atoms with Crippen LogP contribution in [0.25, 0.3) is 0 Å². The molecule has 7 nitrogen and oxygen atoms in total. The Hall–Kier alpha value is -1.35. The summed E-state index contributed by atoms with van der Waals surface area (Å²) in [5.41, 5.74) is 11.0. The second-order valence-electron chi connectivity index (χ2n) is 5.57. The van der Waals surface area contributed by atoms with Gasteiger partial charge >= 0.3 is 0 Å². The normalized spacial score (nSPS) is 18.7. The SMILES string of the molecule is COc1ccc(S(=O)(=O)N2CCCCC2CCN)cc1C(N)=O.Cl. The highest BCUT2D eigenvalue weighted by Crippen LogP contribution is 2.29. The van der Waals surface area contributed by atoms with Crippen molar-refractivity contribution >= 4 is 28.3 Å². The van der Waals surface area contributed by atoms with Crippen molar-refractivity contribution in [1.82, 2.24) is 4.31 Å². The number of piperidine rings is 1. The van der Waals surface area contributed by atoms with E-state index in [-0.39, 0.29) is 34.7 Å². The summed E-state index contributed by atoms with van der Waals surface area (Å²) in [5, 5.41) is 0. The summed E-state index contributed by atoms with van der Waals surface area (Å²) >= 11 is 0. The first-order chi connectivity index (χ1) is 10.9. The lowest BCUT2D eigenvalue weighted by atomic mass is 10.0. The van der Waals surface area contributed by atoms with Crippen LogP contribution in [-0.4, -0.2) is 44.9 Å². The molecular formula is C15H24ClN3O4S. The lowest BCUT2D eigenvalue weighted by Crippen LogP contribution is -2.44. The van der Waals surface area contributed by atoms with Gasteiger partial charge in [-0.25, -0.2) is 8.42 Å². The molecule has 1 aliphatic rings. The minimum absolute atomic E-state index is 0. The molecule has 0 bridgehead atoms. The predicted molar refractivity (Wildman–Crippen MR) is 94.0 cm³/mol. The first kappa shape index (κ1) is 20.7. The van der Waals surface area contributed by atoms with Gasteiger partial charge in [-0.1, -0.05) is 6.42 Å². The van der Waals surface area contributed by atoms with Crippen LogP contribution in [0.2, 0.25) is 0 Å². The predicted octanol–water partition coefficient (Wildman–Crippen LogP) is 1.11. The molecule has 2 rings (SSSR count). The van der Waals surface area contributed by atoms with E-state index in [1.54, 1.807) is 0 Å². The molecule has 24 heavy (non-hydrogen) atoms. The topological polar surface area (TPSA) is 116 Å². The summed E-state index contributed by atoms with van der Waals surface area (Å²) in [4.78, 5) is 11.6. The van der Waals surface area contributed by atoms with E-state index in [9.17, 15) is 13.2 Å². The molecule has 0 spiro atoms. The van der Waals surface area contributed by atoms with Crippen LogP contribution in [0.4, 0.5) is 0 Å². The number of nitrogens with zero attached hydrogens (tertiary/aromatic N) is 1. The van der Waals surface area contributed by atoms with Crippen LogP contribution in [0.1, 0.15) is 36.0 Å². The highest BCUT2D eigenvalue weighted by Gasteiger charge is 2.33. The third-order valence-corrected chi connectivity index (χ3v) is 6.06. The Labute approximate surface area is 148 Å². The standard InChI is InChI=1S/C15H23N3O4S.ClH/c1-22-14-6-5-12(10-13(14)15(17)19)23(20,21)18-9-3-2-4-11(18)7-8-16;/h5-6,10-11H,2-4,7-9,16H2,1H3,(H2,17,19);1H. The third kappa shape index (κ3) is 4.18. The number of benzene rings is 1. The van der Waals surface area contributed by atoms with Crippen LogP contribution < -0.4 is 16.2 Å². The number of nitrogens with two attached hydrogens (primary N) is 2. The number of hydrogen-bond donors (Lipinski definition) is 2. The molecule has 1 fully saturated rings. The van der Waals surface area contributed by atoms with Gasteiger partial charge in [0.15, 0.2) is 0 Å². The van der Waals surface area contributed by atoms with E-state index in [0.29, 0.717) is 19.5 Å². The van der Waals surface area contributed by atoms with E-state index in [2.05, 4.69) is 0 Å². The van der Waals surface area contributed by atoms with Crippen molar-refractivity contribution in [2.45, 2.75) is 36.6 Å². The molecule has 9 heteroatoms. The number of primary amides is 1. The number of hydrogen-bond acceptors (Lipinski definition) is 5. The van der Waals surface area contributed by atoms with Crippen molar-refractivity contribution in [2.24, 2.45) is 11.5 Å². The number of sulfonamides is 1. The number of ether oxygens (including phenoxy) is 1. The Bertz CT molecular complexity index is 679. The first-order valence-corrected chi connectivity index (χ1v) is 9.05. The molecule has 1 saturated heterocycles. The average molecular weight is 378 g/mol. The molecule has 0 aromatic heterocycles. The minimum Gasteiger partial charge on any atom is -0.496 e. The number of carbonyl (C=O) groups excluding carboxylic acids is 1. The molecule has 1 aliphatic heterocycles. The lowest BCUT2D eigenvalue weighted by molar-refractivity contribution is 0.0997. The van der Waals surface area contributed by atoms with Gasteiger partial charge in [0.2, 0.25) is 10.0 Å². The average Bonchev–Trinajstić information content (AvgIpc) is 2.54. The van der Waals surface area contributed by atoms with Crippen LogP contribution in [0.5, 0.6) is 5.75 Å². The van der Waals surface area contributed by atoms with E-state index in [0.717, 1.165) is 19.3 Å². The molecule has 1 amide bonds. The van der Waals surface area contributed by atoms with Gasteiger partial charge in [-0.05, 0) is 44.0 Å². The summed E-state index contributed by atoms with van der Waals surface area (Å²) in [7, 11) is -2.30. The largest absolute Gasteiger partial charge is 0.496 e. The minimum atomic E-state index is -3.70. The van der Waals surface area contributed by atoms with E-state index >= 15 is 0 Å². The van der Waals surface area contributed by atoms with Gasteiger partial charge in [0.1, 0.15) is 5.75 Å². The molecular weight excluding hydrogens is 354 g/mol. The van der Waals surface area contributed by atoms with Gasteiger partial charge in [-0.15, -0.1) is 12.4 Å². The molecule has 0 saturated carbocycles. The van der Waals surface area contributed by atoms with Crippen LogP contribution in [0, 0.1) is 0 Å². The summed E-state index contributed by atoms with van der Waals surface area (Å²) in [6.07, 6.45) is 3.23. The maximum Gasteiger partial charge on any atom is 0.252 e. The highest BCUT2D eigenvalue weighted by atomic mass is 35.5. The van der Waals surface area contributed by atoms with Crippen molar-refractivity contribution in [2.75, 3.05) is 20.2 Å². The zero-order valence-electron chi connectivity index (χ0n) is 13.6. The highest BCUT2D eigenvalue weighted by molar-refractivity contribution is 7.89. The molecule has 1 aromatic carbocycles. The van der Waals surface area contributed by atoms with Gasteiger partial charge in [0, 0.05) is 12.6 Å². The maximum atomic E-state index is 12.9. The number of carbonyl (C=O) groups is 1. The Balaban J connectivity index is 0.00000288. The quantitative estimate of drug-likeness (QED) is 0.770. The molecule has 1 unspecified atom stereocenters. The van der Waals surface area contributed by atoms with Crippen molar-refractivity contribution in [3.8, 4) is 5.75 Å². The van der Waals surface area contributed by atoms with Crippen molar-refractivity contribution in [1.29, 1.82) is 0 Å². The summed E-state index contributed by atoms with van der Waals surface area (Å²) in [6, 6.07) is 4.08. The second-order valence-corrected chi connectivity index (χ2v) is 7.46. The van der Waals surface area contributed by atoms with E-state index in [1.807, 2.05) is 0 Å². The van der Waals surface area contributed by atoms with Gasteiger partial charge in [-0.2, -0.15) is 4.31 Å². The van der Waals surface area contributed by atoms with Crippen molar-refractivity contribution < 1.29 is 17.9 Å². The van der Waals surface area contributed by atoms with Crippen LogP contribution >= 0.6 is 12.4 Å². The number of halogens is 1. The number of methoxy groups -OCH3 is 1. The van der Waals surface area contributed by atoms with E-state index in [4.69, 9.17) is 16.2 Å². The zero-order valence-corrected chi connectivity index (χ0v) is 15.2. The summed E-state index contributed by atoms with van der Waals surface area (Å²) in [5.74, 6) is -0.468. The van der Waals surface area contributed by atoms with Crippen LogP contribution in [0.3, 0.4) is 0 Å². The van der Waals surface area contributed by atoms with Gasteiger partial charge in [0.05, 0.1) is 17.6 Å². The van der Waals surface area contributed by atoms with Crippen LogP contribution in [-0.2, 0) is 10.0 Å². The Morgan fingerprint density at radius 2 is 2.08 bits per heavy atom. The fourth-order valence-corrected chi connectivity index (χ4v) is 4.70. The molecule has 0 radical (unpaired) electrons. The zero-order chi connectivity index (χ0) is 17.0. The Morgan fingerprint density at radius 3 is 2.67 bits per heavy atom. The van der Waals surface area contributed by atoms with Gasteiger partial charge in [-0.3, -0.25) is 4.79 Å². The van der Waals surface area contributed by atoms with Gasteiger partial charge < -0.3 is 16.2 Å². The Morgan fingerprint density at radius 1 is 1.38 bits per heavy atom. The van der Waals surface area contributed by atoms with E-state index in [1.165, 1.54) is 29.6 Å². The second kappa shape index (κ2) is 8.66. The van der Waals surface area contributed by atoms with Gasteiger partial charge in [0.25, 0.3) is 5.91 Å². The number of rotatable bonds is 6. The Kier molecular flexibility index (Phi) is 7.47. The maximum absolute atomic E-state index is 12.9. The van der Waals surface area contributed by atoms with Crippen molar-refractivity contribution in [3.05, 3.63) is 23.8 Å². The lowest BCUT2D eigenvalue weighted by Gasteiger charge is -2.34. The van der Waals surface area contributed by atoms with E-state index < -0.39 is 15.9 Å². The smallest absolute Gasteiger partial charge is 0.252 e. The summed E-state index contributed by atoms with van der Waals surface area (Å²) < 4.78 is 32.4. The molecule has 0 aliphatic carbocycles. The fraction of sp³-hybridized carbons (Fsp3) is 0.533. The summed E-state index contributed by atoms with van der Waals surface area (Å²) in [6.45, 7) is 0.900.